The maximum Gasteiger partial charge on any atom is 0.330 e. The maximum absolute atomic E-state index is 12.6. The fourth-order valence-electron chi connectivity index (χ4n) is 2.96. The number of carbonyl (C=O) groups is 1. The van der Waals surface area contributed by atoms with E-state index in [0.29, 0.717) is 6.42 Å². The second kappa shape index (κ2) is 6.70. The molecule has 0 bridgehead atoms. The summed E-state index contributed by atoms with van der Waals surface area (Å²) in [6.45, 7) is 5.52. The van der Waals surface area contributed by atoms with Crippen LogP contribution in [0.2, 0.25) is 0 Å². The first-order chi connectivity index (χ1) is 9.65. The molecule has 0 radical (unpaired) electrons. The highest BCUT2D eigenvalue weighted by atomic mass is 79.9. The molecule has 5 heteroatoms. The van der Waals surface area contributed by atoms with Crippen LogP contribution in [-0.4, -0.2) is 44.2 Å². The summed E-state index contributed by atoms with van der Waals surface area (Å²) in [6, 6.07) is 7.96. The number of nitrogens with one attached hydrogen (secondary N) is 1. The number of benzene rings is 1. The number of piperazine rings is 1. The SMILES string of the molecule is CCC(C(=O)OC)(c1cccc(Br)c1)N1CCNCC1. The smallest absolute Gasteiger partial charge is 0.330 e. The van der Waals surface area contributed by atoms with Crippen molar-refractivity contribution in [3.63, 3.8) is 0 Å². The van der Waals surface area contributed by atoms with Gasteiger partial charge in [-0.25, -0.2) is 4.79 Å². The number of carbonyl (C=O) groups excluding carboxylic acids is 1. The molecule has 1 heterocycles. The molecule has 1 aromatic carbocycles. The molecule has 0 amide bonds. The van der Waals surface area contributed by atoms with Crippen LogP contribution in [0.3, 0.4) is 0 Å². The van der Waals surface area contributed by atoms with Crippen molar-refractivity contribution in [2.45, 2.75) is 18.9 Å². The number of rotatable bonds is 4. The van der Waals surface area contributed by atoms with Crippen molar-refractivity contribution in [2.75, 3.05) is 33.3 Å². The summed E-state index contributed by atoms with van der Waals surface area (Å²) in [5.74, 6) is -0.181. The Hall–Kier alpha value is -0.910. The van der Waals surface area contributed by atoms with Gasteiger partial charge in [0.2, 0.25) is 0 Å². The molecule has 1 saturated heterocycles. The summed E-state index contributed by atoms with van der Waals surface area (Å²) in [5.41, 5.74) is 0.295. The topological polar surface area (TPSA) is 41.6 Å². The lowest BCUT2D eigenvalue weighted by Crippen LogP contribution is -2.58. The van der Waals surface area contributed by atoms with Crippen molar-refractivity contribution in [2.24, 2.45) is 0 Å². The van der Waals surface area contributed by atoms with Crippen LogP contribution < -0.4 is 5.32 Å². The van der Waals surface area contributed by atoms with Gasteiger partial charge in [0.05, 0.1) is 7.11 Å². The Kier molecular flexibility index (Phi) is 5.18. The van der Waals surface area contributed by atoms with E-state index in [-0.39, 0.29) is 5.97 Å². The van der Waals surface area contributed by atoms with E-state index < -0.39 is 5.54 Å². The first kappa shape index (κ1) is 15.5. The quantitative estimate of drug-likeness (QED) is 0.852. The van der Waals surface area contributed by atoms with Crippen LogP contribution in [0.15, 0.2) is 28.7 Å². The van der Waals surface area contributed by atoms with E-state index in [1.807, 2.05) is 31.2 Å². The van der Waals surface area contributed by atoms with Crippen molar-refractivity contribution < 1.29 is 9.53 Å². The van der Waals surface area contributed by atoms with E-state index in [2.05, 4.69) is 26.1 Å². The van der Waals surface area contributed by atoms with E-state index in [1.165, 1.54) is 7.11 Å². The second-order valence-electron chi connectivity index (χ2n) is 4.95. The third-order valence-electron chi connectivity index (χ3n) is 3.99. The van der Waals surface area contributed by atoms with Crippen LogP contribution in [0.5, 0.6) is 0 Å². The lowest BCUT2D eigenvalue weighted by atomic mass is 9.84. The van der Waals surface area contributed by atoms with Gasteiger partial charge in [-0.15, -0.1) is 0 Å². The van der Waals surface area contributed by atoms with Gasteiger partial charge in [0.1, 0.15) is 5.54 Å². The van der Waals surface area contributed by atoms with Crippen LogP contribution in [0.4, 0.5) is 0 Å². The van der Waals surface area contributed by atoms with Gasteiger partial charge in [-0.05, 0) is 24.1 Å². The van der Waals surface area contributed by atoms with Crippen molar-refractivity contribution in [1.82, 2.24) is 10.2 Å². The highest BCUT2D eigenvalue weighted by molar-refractivity contribution is 9.10. The highest BCUT2D eigenvalue weighted by Crippen LogP contribution is 2.35. The molecule has 0 aliphatic carbocycles. The third-order valence-corrected chi connectivity index (χ3v) is 4.49. The Labute approximate surface area is 128 Å². The summed E-state index contributed by atoms with van der Waals surface area (Å²) in [5, 5.41) is 3.33. The highest BCUT2D eigenvalue weighted by Gasteiger charge is 2.45. The molecule has 1 aliphatic heterocycles. The van der Waals surface area contributed by atoms with Crippen molar-refractivity contribution in [3.8, 4) is 0 Å². The standard InChI is InChI=1S/C15H21BrN2O2/c1-3-15(14(19)20-2,18-9-7-17-8-10-18)12-5-4-6-13(16)11-12/h4-6,11,17H,3,7-10H2,1-2H3. The zero-order chi connectivity index (χ0) is 14.6. The fraction of sp³-hybridized carbons (Fsp3) is 0.533. The van der Waals surface area contributed by atoms with E-state index in [1.54, 1.807) is 0 Å². The average Bonchev–Trinajstić information content (AvgIpc) is 2.49. The number of hydrogen-bond donors (Lipinski definition) is 1. The Morgan fingerprint density at radius 1 is 1.45 bits per heavy atom. The minimum Gasteiger partial charge on any atom is -0.467 e. The molecule has 2 rings (SSSR count). The van der Waals surface area contributed by atoms with Crippen LogP contribution >= 0.6 is 15.9 Å². The number of nitrogens with zero attached hydrogens (tertiary/aromatic N) is 1. The predicted molar refractivity (Wildman–Crippen MR) is 82.6 cm³/mol. The van der Waals surface area contributed by atoms with Crippen molar-refractivity contribution >= 4 is 21.9 Å². The minimum absolute atomic E-state index is 0.181. The van der Waals surface area contributed by atoms with Crippen molar-refractivity contribution in [3.05, 3.63) is 34.3 Å². The molecular formula is C15H21BrN2O2. The van der Waals surface area contributed by atoms with Crippen LogP contribution in [0.25, 0.3) is 0 Å². The second-order valence-corrected chi connectivity index (χ2v) is 5.87. The van der Waals surface area contributed by atoms with Gasteiger partial charge < -0.3 is 10.1 Å². The summed E-state index contributed by atoms with van der Waals surface area (Å²) >= 11 is 3.50. The van der Waals surface area contributed by atoms with Gasteiger partial charge in [-0.1, -0.05) is 35.0 Å². The Balaban J connectivity index is 2.49. The van der Waals surface area contributed by atoms with Gasteiger partial charge in [0.25, 0.3) is 0 Å². The molecule has 0 spiro atoms. The van der Waals surface area contributed by atoms with E-state index in [9.17, 15) is 4.79 Å². The molecule has 1 aliphatic rings. The van der Waals surface area contributed by atoms with Gasteiger partial charge in [0, 0.05) is 30.7 Å². The first-order valence-electron chi connectivity index (χ1n) is 6.95. The zero-order valence-electron chi connectivity index (χ0n) is 12.0. The van der Waals surface area contributed by atoms with E-state index >= 15 is 0 Å². The van der Waals surface area contributed by atoms with Gasteiger partial charge >= 0.3 is 5.97 Å². The lowest BCUT2D eigenvalue weighted by Gasteiger charge is -2.43. The molecule has 1 fully saturated rings. The normalized spacial score (nSPS) is 19.4. The van der Waals surface area contributed by atoms with Gasteiger partial charge in [-0.2, -0.15) is 0 Å². The molecule has 1 atom stereocenters. The van der Waals surface area contributed by atoms with Crippen LogP contribution in [0.1, 0.15) is 18.9 Å². The number of methoxy groups -OCH3 is 1. The molecule has 0 saturated carbocycles. The maximum atomic E-state index is 12.6. The number of hydrogen-bond acceptors (Lipinski definition) is 4. The molecule has 110 valence electrons. The zero-order valence-corrected chi connectivity index (χ0v) is 13.6. The third kappa shape index (κ3) is 2.75. The average molecular weight is 341 g/mol. The molecule has 0 aromatic heterocycles. The summed E-state index contributed by atoms with van der Waals surface area (Å²) < 4.78 is 6.12. The van der Waals surface area contributed by atoms with E-state index in [0.717, 1.165) is 36.2 Å². The first-order valence-corrected chi connectivity index (χ1v) is 7.74. The summed E-state index contributed by atoms with van der Waals surface area (Å²) in [4.78, 5) is 14.8. The molecule has 1 N–H and O–H groups in total. The monoisotopic (exact) mass is 340 g/mol. The van der Waals surface area contributed by atoms with Crippen LogP contribution in [-0.2, 0) is 15.1 Å². The molecular weight excluding hydrogens is 320 g/mol. The predicted octanol–water partition coefficient (Wildman–Crippen LogP) is 2.13. The Bertz CT molecular complexity index is 475. The number of halogens is 1. The summed E-state index contributed by atoms with van der Waals surface area (Å²) in [7, 11) is 1.47. The van der Waals surface area contributed by atoms with Crippen molar-refractivity contribution in [1.29, 1.82) is 0 Å². The fourth-order valence-corrected chi connectivity index (χ4v) is 3.36. The van der Waals surface area contributed by atoms with E-state index in [4.69, 9.17) is 4.74 Å². The lowest BCUT2D eigenvalue weighted by molar-refractivity contribution is -0.157. The number of esters is 1. The summed E-state index contributed by atoms with van der Waals surface area (Å²) in [6.07, 6.45) is 0.691. The largest absolute Gasteiger partial charge is 0.467 e. The molecule has 1 unspecified atom stereocenters. The Morgan fingerprint density at radius 2 is 2.15 bits per heavy atom. The van der Waals surface area contributed by atoms with Crippen LogP contribution in [0, 0.1) is 0 Å². The molecule has 1 aromatic rings. The Morgan fingerprint density at radius 3 is 2.70 bits per heavy atom. The minimum atomic E-state index is -0.694. The van der Waals surface area contributed by atoms with Gasteiger partial charge in [0.15, 0.2) is 0 Å². The number of ether oxygens (including phenoxy) is 1. The molecule has 20 heavy (non-hydrogen) atoms. The molecule has 4 nitrogen and oxygen atoms in total. The van der Waals surface area contributed by atoms with Gasteiger partial charge in [-0.3, -0.25) is 4.90 Å².